The van der Waals surface area contributed by atoms with Gasteiger partial charge in [-0.15, -0.1) is 0 Å². The summed E-state index contributed by atoms with van der Waals surface area (Å²) in [7, 11) is 0. The maximum Gasteiger partial charge on any atom is 0.194 e. The number of nitrogens with one attached hydrogen (secondary N) is 1. The second kappa shape index (κ2) is 11.3. The summed E-state index contributed by atoms with van der Waals surface area (Å²) in [6.45, 7) is 12.9. The fourth-order valence-corrected chi connectivity index (χ4v) is 4.89. The van der Waals surface area contributed by atoms with E-state index in [1.54, 1.807) is 0 Å². The van der Waals surface area contributed by atoms with Gasteiger partial charge < -0.3 is 19.7 Å². The normalized spacial score (nSPS) is 26.4. The first-order valence-corrected chi connectivity index (χ1v) is 12.3. The quantitative estimate of drug-likeness (QED) is 0.557. The van der Waals surface area contributed by atoms with Gasteiger partial charge in [-0.2, -0.15) is 0 Å². The number of guanidine groups is 1. The minimum Gasteiger partial charge on any atom is -0.375 e. The van der Waals surface area contributed by atoms with Crippen LogP contribution in [0.1, 0.15) is 50.7 Å². The number of benzene rings is 1. The third-order valence-corrected chi connectivity index (χ3v) is 6.79. The first kappa shape index (κ1) is 22.6. The van der Waals surface area contributed by atoms with Gasteiger partial charge in [0, 0.05) is 32.8 Å². The number of likely N-dealkylation sites (tertiary alicyclic amines) is 1. The van der Waals surface area contributed by atoms with Crippen LogP contribution in [0.25, 0.3) is 0 Å². The van der Waals surface area contributed by atoms with Crippen molar-refractivity contribution < 1.29 is 9.47 Å². The van der Waals surface area contributed by atoms with Crippen molar-refractivity contribution in [2.75, 3.05) is 45.9 Å². The topological polar surface area (TPSA) is 49.3 Å². The first-order valence-electron chi connectivity index (χ1n) is 12.3. The molecule has 0 radical (unpaired) electrons. The highest BCUT2D eigenvalue weighted by Crippen LogP contribution is 2.21. The van der Waals surface area contributed by atoms with Crippen molar-refractivity contribution in [2.45, 2.75) is 64.8 Å². The standard InChI is InChI=1S/C25H40N4O2/c1-3-26-25(29-13-15-31-24(19-29)23-8-5-14-30-23)27-17-21-6-4-7-22(16-21)18-28-11-9-20(2)10-12-28/h4,6-7,16,20,23-24H,3,5,8-15,17-19H2,1-2H3,(H,26,27). The summed E-state index contributed by atoms with van der Waals surface area (Å²) in [4.78, 5) is 9.92. The molecule has 4 rings (SSSR count). The Bertz CT molecular complexity index is 711. The molecule has 2 unspecified atom stereocenters. The second-order valence-electron chi connectivity index (χ2n) is 9.36. The van der Waals surface area contributed by atoms with Crippen molar-refractivity contribution in [3.63, 3.8) is 0 Å². The monoisotopic (exact) mass is 428 g/mol. The molecule has 1 aromatic rings. The molecule has 2 atom stereocenters. The van der Waals surface area contributed by atoms with E-state index in [1.165, 1.54) is 37.1 Å². The lowest BCUT2D eigenvalue weighted by Crippen LogP contribution is -2.53. The van der Waals surface area contributed by atoms with E-state index in [1.807, 2.05) is 0 Å². The van der Waals surface area contributed by atoms with E-state index in [-0.39, 0.29) is 12.2 Å². The highest BCUT2D eigenvalue weighted by molar-refractivity contribution is 5.80. The van der Waals surface area contributed by atoms with E-state index in [9.17, 15) is 0 Å². The van der Waals surface area contributed by atoms with Gasteiger partial charge in [0.05, 0.1) is 19.3 Å². The summed E-state index contributed by atoms with van der Waals surface area (Å²) in [5.41, 5.74) is 2.68. The van der Waals surface area contributed by atoms with Gasteiger partial charge in [0.15, 0.2) is 5.96 Å². The number of rotatable bonds is 6. The molecule has 0 saturated carbocycles. The van der Waals surface area contributed by atoms with E-state index >= 15 is 0 Å². The van der Waals surface area contributed by atoms with Crippen LogP contribution in [0.5, 0.6) is 0 Å². The number of hydrogen-bond donors (Lipinski definition) is 1. The fourth-order valence-electron chi connectivity index (χ4n) is 4.89. The first-order chi connectivity index (χ1) is 15.2. The van der Waals surface area contributed by atoms with Crippen LogP contribution in [0.2, 0.25) is 0 Å². The molecule has 0 bridgehead atoms. The maximum atomic E-state index is 6.02. The Morgan fingerprint density at radius 3 is 2.65 bits per heavy atom. The van der Waals surface area contributed by atoms with E-state index in [2.05, 4.69) is 53.2 Å². The van der Waals surface area contributed by atoms with Crippen molar-refractivity contribution in [1.29, 1.82) is 0 Å². The molecule has 0 aromatic heterocycles. The summed E-state index contributed by atoms with van der Waals surface area (Å²) in [6, 6.07) is 8.97. The number of aliphatic imine (C=N–C) groups is 1. The van der Waals surface area contributed by atoms with Crippen LogP contribution in [0, 0.1) is 5.92 Å². The van der Waals surface area contributed by atoms with Gasteiger partial charge in [-0.25, -0.2) is 4.99 Å². The summed E-state index contributed by atoms with van der Waals surface area (Å²) >= 11 is 0. The zero-order chi connectivity index (χ0) is 21.5. The minimum absolute atomic E-state index is 0.149. The van der Waals surface area contributed by atoms with Crippen LogP contribution in [-0.2, 0) is 22.6 Å². The van der Waals surface area contributed by atoms with Crippen molar-refractivity contribution >= 4 is 5.96 Å². The SMILES string of the molecule is CCNC(=NCc1cccc(CN2CCC(C)CC2)c1)N1CCOC(C2CCCO2)C1. The third kappa shape index (κ3) is 6.43. The van der Waals surface area contributed by atoms with Crippen LogP contribution >= 0.6 is 0 Å². The van der Waals surface area contributed by atoms with Gasteiger partial charge in [-0.3, -0.25) is 4.90 Å². The lowest BCUT2D eigenvalue weighted by molar-refractivity contribution is -0.0817. The molecule has 0 spiro atoms. The highest BCUT2D eigenvalue weighted by Gasteiger charge is 2.32. The molecule has 3 heterocycles. The Labute approximate surface area is 188 Å². The van der Waals surface area contributed by atoms with Crippen LogP contribution in [0.3, 0.4) is 0 Å². The van der Waals surface area contributed by atoms with E-state index < -0.39 is 0 Å². The van der Waals surface area contributed by atoms with Crippen LogP contribution in [0.15, 0.2) is 29.3 Å². The van der Waals surface area contributed by atoms with Crippen molar-refractivity contribution in [2.24, 2.45) is 10.9 Å². The fraction of sp³-hybridized carbons (Fsp3) is 0.720. The molecule has 0 amide bonds. The summed E-state index contributed by atoms with van der Waals surface area (Å²) < 4.78 is 11.9. The van der Waals surface area contributed by atoms with E-state index in [0.717, 1.165) is 64.1 Å². The smallest absolute Gasteiger partial charge is 0.194 e. The molecule has 6 heteroatoms. The van der Waals surface area contributed by atoms with Crippen molar-refractivity contribution in [1.82, 2.24) is 15.1 Å². The van der Waals surface area contributed by atoms with E-state index in [4.69, 9.17) is 14.5 Å². The zero-order valence-electron chi connectivity index (χ0n) is 19.4. The van der Waals surface area contributed by atoms with Gasteiger partial charge >= 0.3 is 0 Å². The lowest BCUT2D eigenvalue weighted by atomic mass is 9.98. The van der Waals surface area contributed by atoms with Gasteiger partial charge in [0.1, 0.15) is 6.10 Å². The zero-order valence-corrected chi connectivity index (χ0v) is 19.4. The minimum atomic E-state index is 0.149. The molecule has 3 aliphatic rings. The molecule has 1 N–H and O–H groups in total. The van der Waals surface area contributed by atoms with Crippen LogP contribution < -0.4 is 5.32 Å². The summed E-state index contributed by atoms with van der Waals surface area (Å²) in [6.07, 6.45) is 5.28. The largest absolute Gasteiger partial charge is 0.375 e. The number of nitrogens with zero attached hydrogens (tertiary/aromatic N) is 3. The second-order valence-corrected chi connectivity index (χ2v) is 9.36. The Morgan fingerprint density at radius 1 is 1.06 bits per heavy atom. The maximum absolute atomic E-state index is 6.02. The molecule has 0 aliphatic carbocycles. The number of morpholine rings is 1. The highest BCUT2D eigenvalue weighted by atomic mass is 16.5. The predicted molar refractivity (Wildman–Crippen MR) is 125 cm³/mol. The van der Waals surface area contributed by atoms with Gasteiger partial charge in [-0.1, -0.05) is 31.2 Å². The lowest BCUT2D eigenvalue weighted by Gasteiger charge is -2.37. The molecule has 31 heavy (non-hydrogen) atoms. The third-order valence-electron chi connectivity index (χ3n) is 6.79. The average Bonchev–Trinajstić information content (AvgIpc) is 3.34. The average molecular weight is 429 g/mol. The summed E-state index contributed by atoms with van der Waals surface area (Å²) in [5, 5.41) is 3.49. The predicted octanol–water partition coefficient (Wildman–Crippen LogP) is 3.26. The Morgan fingerprint density at radius 2 is 1.87 bits per heavy atom. The molecular weight excluding hydrogens is 388 g/mol. The molecule has 172 valence electrons. The number of ether oxygens (including phenoxy) is 2. The van der Waals surface area contributed by atoms with Gasteiger partial charge in [0.2, 0.25) is 0 Å². The molecule has 6 nitrogen and oxygen atoms in total. The number of piperidine rings is 1. The van der Waals surface area contributed by atoms with Gasteiger partial charge in [0.25, 0.3) is 0 Å². The van der Waals surface area contributed by atoms with Crippen molar-refractivity contribution in [3.8, 4) is 0 Å². The Balaban J connectivity index is 1.36. The molecule has 3 fully saturated rings. The van der Waals surface area contributed by atoms with Gasteiger partial charge in [-0.05, 0) is 62.7 Å². The Kier molecular flexibility index (Phi) is 8.22. The molecule has 3 saturated heterocycles. The summed E-state index contributed by atoms with van der Waals surface area (Å²) in [5.74, 6) is 1.87. The molecule has 1 aromatic carbocycles. The molecular formula is C25H40N4O2. The van der Waals surface area contributed by atoms with Crippen LogP contribution in [0.4, 0.5) is 0 Å². The van der Waals surface area contributed by atoms with Crippen molar-refractivity contribution in [3.05, 3.63) is 35.4 Å². The molecule has 3 aliphatic heterocycles. The van der Waals surface area contributed by atoms with Crippen LogP contribution in [-0.4, -0.2) is 73.9 Å². The van der Waals surface area contributed by atoms with E-state index in [0.29, 0.717) is 6.54 Å². The Hall–Kier alpha value is -1.63. The number of hydrogen-bond acceptors (Lipinski definition) is 4.